The molecule has 0 spiro atoms. The molecule has 4 rings (SSSR count). The van der Waals surface area contributed by atoms with Crippen molar-refractivity contribution in [2.24, 2.45) is 0 Å². The van der Waals surface area contributed by atoms with Crippen molar-refractivity contribution in [2.75, 3.05) is 5.32 Å². The highest BCUT2D eigenvalue weighted by Crippen LogP contribution is 2.27. The zero-order valence-electron chi connectivity index (χ0n) is 15.3. The molecule has 0 aliphatic carbocycles. The number of amides is 1. The highest BCUT2D eigenvalue weighted by atomic mass is 35.5. The van der Waals surface area contributed by atoms with Gasteiger partial charge in [-0.2, -0.15) is 4.98 Å². The summed E-state index contributed by atoms with van der Waals surface area (Å²) in [5.41, 5.74) is 1.87. The molecule has 0 fully saturated rings. The number of nitro groups is 1. The van der Waals surface area contributed by atoms with Crippen LogP contribution >= 0.6 is 11.6 Å². The van der Waals surface area contributed by atoms with Crippen LogP contribution in [0.5, 0.6) is 0 Å². The minimum Gasteiger partial charge on any atom is -0.334 e. The van der Waals surface area contributed by atoms with Crippen molar-refractivity contribution in [1.82, 2.24) is 10.1 Å². The van der Waals surface area contributed by atoms with E-state index in [0.717, 1.165) is 5.56 Å². The number of nitrogens with zero attached hydrogens (tertiary/aromatic N) is 3. The molecule has 0 unspecified atom stereocenters. The van der Waals surface area contributed by atoms with Crippen LogP contribution in [-0.2, 0) is 0 Å². The van der Waals surface area contributed by atoms with Crippen LogP contribution in [0.25, 0.3) is 22.8 Å². The van der Waals surface area contributed by atoms with Crippen LogP contribution < -0.4 is 5.32 Å². The first-order valence-corrected chi connectivity index (χ1v) is 9.14. The summed E-state index contributed by atoms with van der Waals surface area (Å²) in [5.74, 6) is 0.146. The Morgan fingerprint density at radius 2 is 1.70 bits per heavy atom. The Balaban J connectivity index is 1.60. The molecular weight excluding hydrogens is 408 g/mol. The summed E-state index contributed by atoms with van der Waals surface area (Å²) < 4.78 is 5.37. The minimum atomic E-state index is -0.505. The summed E-state index contributed by atoms with van der Waals surface area (Å²) >= 11 is 5.90. The molecule has 9 heteroatoms. The molecule has 0 radical (unpaired) electrons. The number of nitrogens with one attached hydrogen (secondary N) is 1. The van der Waals surface area contributed by atoms with E-state index in [1.54, 1.807) is 48.5 Å². The Morgan fingerprint density at radius 3 is 2.40 bits per heavy atom. The molecule has 1 heterocycles. The standard InChI is InChI=1S/C21H13ClN4O4/c22-14-7-5-13(6-8-14)19-24-21(30-25-19)18-4-2-1-3-17(18)20(27)23-15-9-11-16(12-10-15)26(28)29/h1-12H,(H,23,27). The van der Waals surface area contributed by atoms with Gasteiger partial charge in [-0.25, -0.2) is 0 Å². The van der Waals surface area contributed by atoms with Gasteiger partial charge >= 0.3 is 0 Å². The second-order valence-corrected chi connectivity index (χ2v) is 6.67. The van der Waals surface area contributed by atoms with E-state index in [2.05, 4.69) is 15.5 Å². The van der Waals surface area contributed by atoms with E-state index in [1.807, 2.05) is 0 Å². The molecule has 30 heavy (non-hydrogen) atoms. The molecule has 3 aromatic carbocycles. The Kier molecular flexibility index (Phi) is 5.23. The second-order valence-electron chi connectivity index (χ2n) is 6.23. The number of aromatic nitrogens is 2. The van der Waals surface area contributed by atoms with Crippen molar-refractivity contribution in [2.45, 2.75) is 0 Å². The van der Waals surface area contributed by atoms with E-state index in [1.165, 1.54) is 24.3 Å². The number of nitro benzene ring substituents is 1. The number of hydrogen-bond acceptors (Lipinski definition) is 6. The smallest absolute Gasteiger partial charge is 0.269 e. The molecule has 8 nitrogen and oxygen atoms in total. The summed E-state index contributed by atoms with van der Waals surface area (Å²) in [7, 11) is 0. The maximum absolute atomic E-state index is 12.8. The van der Waals surface area contributed by atoms with Crippen molar-refractivity contribution in [3.05, 3.63) is 93.5 Å². The highest BCUT2D eigenvalue weighted by Gasteiger charge is 2.18. The predicted octanol–water partition coefficient (Wildman–Crippen LogP) is 5.22. The van der Waals surface area contributed by atoms with Gasteiger partial charge in [-0.15, -0.1) is 0 Å². The van der Waals surface area contributed by atoms with Gasteiger partial charge in [0.1, 0.15) is 0 Å². The third-order valence-electron chi connectivity index (χ3n) is 4.27. The lowest BCUT2D eigenvalue weighted by Gasteiger charge is -2.07. The molecule has 1 amide bonds. The van der Waals surface area contributed by atoms with Crippen molar-refractivity contribution < 1.29 is 14.2 Å². The number of hydrogen-bond donors (Lipinski definition) is 1. The van der Waals surface area contributed by atoms with Gasteiger partial charge in [-0.3, -0.25) is 14.9 Å². The lowest BCUT2D eigenvalue weighted by atomic mass is 10.1. The Morgan fingerprint density at radius 1 is 1.00 bits per heavy atom. The van der Waals surface area contributed by atoms with Gasteiger partial charge in [-0.05, 0) is 48.5 Å². The number of carbonyl (C=O) groups excluding carboxylic acids is 1. The zero-order chi connectivity index (χ0) is 21.1. The fraction of sp³-hybridized carbons (Fsp3) is 0. The van der Waals surface area contributed by atoms with Crippen LogP contribution in [0.1, 0.15) is 10.4 Å². The minimum absolute atomic E-state index is 0.0611. The van der Waals surface area contributed by atoms with E-state index in [9.17, 15) is 14.9 Å². The Bertz CT molecular complexity index is 1220. The van der Waals surface area contributed by atoms with Crippen molar-refractivity contribution in [3.63, 3.8) is 0 Å². The third kappa shape index (κ3) is 4.03. The first kappa shape index (κ1) is 19.3. The highest BCUT2D eigenvalue weighted by molar-refractivity contribution is 6.30. The van der Waals surface area contributed by atoms with E-state index in [4.69, 9.17) is 16.1 Å². The van der Waals surface area contributed by atoms with Crippen molar-refractivity contribution >= 4 is 28.9 Å². The van der Waals surface area contributed by atoms with Crippen LogP contribution in [0.4, 0.5) is 11.4 Å². The van der Waals surface area contributed by atoms with Crippen LogP contribution in [0.3, 0.4) is 0 Å². The predicted molar refractivity (Wildman–Crippen MR) is 111 cm³/mol. The molecule has 0 aliphatic rings. The number of carbonyl (C=O) groups is 1. The SMILES string of the molecule is O=C(Nc1ccc([N+](=O)[O-])cc1)c1ccccc1-c1nc(-c2ccc(Cl)cc2)no1. The average Bonchev–Trinajstić information content (AvgIpc) is 3.25. The Labute approximate surface area is 175 Å². The molecule has 0 saturated carbocycles. The quantitative estimate of drug-likeness (QED) is 0.350. The lowest BCUT2D eigenvalue weighted by molar-refractivity contribution is -0.384. The van der Waals surface area contributed by atoms with Crippen molar-refractivity contribution in [1.29, 1.82) is 0 Å². The summed E-state index contributed by atoms with van der Waals surface area (Å²) in [6.07, 6.45) is 0. The first-order chi connectivity index (χ1) is 14.5. The molecule has 1 aromatic heterocycles. The third-order valence-corrected chi connectivity index (χ3v) is 4.52. The number of benzene rings is 3. The van der Waals surface area contributed by atoms with E-state index >= 15 is 0 Å². The molecule has 0 atom stereocenters. The molecular formula is C21H13ClN4O4. The largest absolute Gasteiger partial charge is 0.334 e. The zero-order valence-corrected chi connectivity index (χ0v) is 16.0. The van der Waals surface area contributed by atoms with Gasteiger partial charge in [0.05, 0.1) is 16.1 Å². The average molecular weight is 421 g/mol. The molecule has 0 saturated heterocycles. The molecule has 0 bridgehead atoms. The monoisotopic (exact) mass is 420 g/mol. The number of halogens is 1. The van der Waals surface area contributed by atoms with Crippen LogP contribution in [0.2, 0.25) is 5.02 Å². The molecule has 1 N–H and O–H groups in total. The van der Waals surface area contributed by atoms with E-state index < -0.39 is 10.8 Å². The number of rotatable bonds is 5. The van der Waals surface area contributed by atoms with Gasteiger partial charge in [0.15, 0.2) is 0 Å². The fourth-order valence-electron chi connectivity index (χ4n) is 2.78. The normalized spacial score (nSPS) is 10.6. The number of anilines is 1. The van der Waals surface area contributed by atoms with Crippen LogP contribution in [0.15, 0.2) is 77.3 Å². The lowest BCUT2D eigenvalue weighted by Crippen LogP contribution is -2.13. The maximum Gasteiger partial charge on any atom is 0.269 e. The van der Waals surface area contributed by atoms with Gasteiger partial charge in [0.2, 0.25) is 5.82 Å². The summed E-state index contributed by atoms with van der Waals surface area (Å²) in [5, 5.41) is 18.1. The molecule has 4 aromatic rings. The van der Waals surface area contributed by atoms with Gasteiger partial charge < -0.3 is 9.84 Å². The fourth-order valence-corrected chi connectivity index (χ4v) is 2.91. The van der Waals surface area contributed by atoms with Gasteiger partial charge in [-0.1, -0.05) is 28.9 Å². The van der Waals surface area contributed by atoms with Crippen LogP contribution in [-0.4, -0.2) is 21.0 Å². The Hall–Kier alpha value is -4.04. The maximum atomic E-state index is 12.8. The van der Waals surface area contributed by atoms with Crippen molar-refractivity contribution in [3.8, 4) is 22.8 Å². The van der Waals surface area contributed by atoms with Gasteiger partial charge in [0.25, 0.3) is 17.5 Å². The number of non-ortho nitro benzene ring substituents is 1. The van der Waals surface area contributed by atoms with E-state index in [0.29, 0.717) is 27.7 Å². The first-order valence-electron chi connectivity index (χ1n) is 8.76. The van der Waals surface area contributed by atoms with Crippen LogP contribution in [0, 0.1) is 10.1 Å². The second kappa shape index (κ2) is 8.14. The summed E-state index contributed by atoms with van der Waals surface area (Å²) in [6.45, 7) is 0. The topological polar surface area (TPSA) is 111 Å². The molecule has 0 aliphatic heterocycles. The summed E-state index contributed by atoms with van der Waals surface area (Å²) in [4.78, 5) is 27.4. The summed E-state index contributed by atoms with van der Waals surface area (Å²) in [6, 6.07) is 19.3. The van der Waals surface area contributed by atoms with Gasteiger partial charge in [0, 0.05) is 28.4 Å². The molecule has 148 valence electrons. The van der Waals surface area contributed by atoms with E-state index in [-0.39, 0.29) is 11.6 Å².